The second-order valence-corrected chi connectivity index (χ2v) is 6.50. The van der Waals surface area contributed by atoms with E-state index in [0.717, 1.165) is 34.4 Å². The van der Waals surface area contributed by atoms with Crippen LogP contribution < -0.4 is 10.5 Å². The second kappa shape index (κ2) is 5.66. The van der Waals surface area contributed by atoms with Crippen molar-refractivity contribution in [2.45, 2.75) is 13.3 Å². The highest BCUT2D eigenvalue weighted by Gasteiger charge is 2.35. The summed E-state index contributed by atoms with van der Waals surface area (Å²) in [4.78, 5) is 14.4. The molecule has 5 heteroatoms. The van der Waals surface area contributed by atoms with Crippen LogP contribution in [0, 0.1) is 8.99 Å². The van der Waals surface area contributed by atoms with Crippen LogP contribution in [0.1, 0.15) is 23.7 Å². The lowest BCUT2D eigenvalue weighted by Crippen LogP contribution is -2.34. The standard InChI is InChI=1S/C14H19IN2O2/c1-14(8-16)5-6-17(9-14)13(18)11-4-3-10(19-2)7-12(11)15/h3-4,7H,5-6,8-9,16H2,1-2H3. The Morgan fingerprint density at radius 1 is 1.58 bits per heavy atom. The van der Waals surface area contributed by atoms with Crippen molar-refractivity contribution >= 4 is 28.5 Å². The zero-order valence-electron chi connectivity index (χ0n) is 11.3. The summed E-state index contributed by atoms with van der Waals surface area (Å²) in [5.41, 5.74) is 6.58. The summed E-state index contributed by atoms with van der Waals surface area (Å²) in [6.07, 6.45) is 0.974. The van der Waals surface area contributed by atoms with Gasteiger partial charge in [0.1, 0.15) is 5.75 Å². The molecule has 1 aliphatic rings. The number of amides is 1. The molecule has 1 aromatic carbocycles. The number of ether oxygens (including phenoxy) is 1. The van der Waals surface area contributed by atoms with E-state index in [0.29, 0.717) is 6.54 Å². The third kappa shape index (κ3) is 3.02. The fourth-order valence-corrected chi connectivity index (χ4v) is 3.05. The summed E-state index contributed by atoms with van der Waals surface area (Å²) in [7, 11) is 1.63. The van der Waals surface area contributed by atoms with Gasteiger partial charge in [-0.15, -0.1) is 0 Å². The molecule has 0 aromatic heterocycles. The van der Waals surface area contributed by atoms with Crippen LogP contribution in [0.25, 0.3) is 0 Å². The van der Waals surface area contributed by atoms with Crippen LogP contribution in [0.15, 0.2) is 18.2 Å². The molecular formula is C14H19IN2O2. The monoisotopic (exact) mass is 374 g/mol. The van der Waals surface area contributed by atoms with Crippen LogP contribution in [0.2, 0.25) is 0 Å². The van der Waals surface area contributed by atoms with Crippen molar-refractivity contribution < 1.29 is 9.53 Å². The number of halogens is 1. The SMILES string of the molecule is COc1ccc(C(=O)N2CCC(C)(CN)C2)c(I)c1. The van der Waals surface area contributed by atoms with Crippen molar-refractivity contribution in [3.63, 3.8) is 0 Å². The van der Waals surface area contributed by atoms with Crippen molar-refractivity contribution in [3.05, 3.63) is 27.3 Å². The molecule has 2 N–H and O–H groups in total. The highest BCUT2D eigenvalue weighted by molar-refractivity contribution is 14.1. The Balaban J connectivity index is 2.17. The van der Waals surface area contributed by atoms with Crippen LogP contribution in [0.5, 0.6) is 5.75 Å². The number of nitrogens with two attached hydrogens (primary N) is 1. The molecule has 2 rings (SSSR count). The average molecular weight is 374 g/mol. The molecule has 1 atom stereocenters. The molecule has 19 heavy (non-hydrogen) atoms. The number of rotatable bonds is 3. The van der Waals surface area contributed by atoms with Gasteiger partial charge in [0.25, 0.3) is 5.91 Å². The van der Waals surface area contributed by atoms with Gasteiger partial charge in [0.2, 0.25) is 0 Å². The van der Waals surface area contributed by atoms with Gasteiger partial charge in [0.05, 0.1) is 12.7 Å². The predicted molar refractivity (Wildman–Crippen MR) is 83.4 cm³/mol. The van der Waals surface area contributed by atoms with Gasteiger partial charge in [-0.05, 0) is 59.2 Å². The molecule has 0 radical (unpaired) electrons. The quantitative estimate of drug-likeness (QED) is 0.825. The molecule has 0 aliphatic carbocycles. The Morgan fingerprint density at radius 3 is 2.84 bits per heavy atom. The van der Waals surface area contributed by atoms with Crippen molar-refractivity contribution in [2.24, 2.45) is 11.1 Å². The van der Waals surface area contributed by atoms with Crippen molar-refractivity contribution in [3.8, 4) is 5.75 Å². The minimum atomic E-state index is 0.0631. The van der Waals surface area contributed by atoms with E-state index in [2.05, 4.69) is 29.5 Å². The summed E-state index contributed by atoms with van der Waals surface area (Å²) in [5, 5.41) is 0. The minimum Gasteiger partial charge on any atom is -0.497 e. The Kier molecular flexibility index (Phi) is 4.35. The molecule has 1 saturated heterocycles. The Labute approximate surface area is 127 Å². The number of likely N-dealkylation sites (tertiary alicyclic amines) is 1. The van der Waals surface area contributed by atoms with Gasteiger partial charge in [0.15, 0.2) is 0 Å². The number of methoxy groups -OCH3 is 1. The van der Waals surface area contributed by atoms with Crippen LogP contribution in [0.4, 0.5) is 0 Å². The number of carbonyl (C=O) groups is 1. The maximum Gasteiger partial charge on any atom is 0.254 e. The number of nitrogens with zero attached hydrogens (tertiary/aromatic N) is 1. The third-order valence-electron chi connectivity index (χ3n) is 3.74. The van der Waals surface area contributed by atoms with Crippen molar-refractivity contribution in [2.75, 3.05) is 26.7 Å². The molecule has 1 unspecified atom stereocenters. The lowest BCUT2D eigenvalue weighted by Gasteiger charge is -2.23. The van der Waals surface area contributed by atoms with E-state index in [1.165, 1.54) is 0 Å². The van der Waals surface area contributed by atoms with Crippen LogP contribution in [0.3, 0.4) is 0 Å². The summed E-state index contributed by atoms with van der Waals surface area (Å²) >= 11 is 2.18. The van der Waals surface area contributed by atoms with Crippen LogP contribution in [-0.4, -0.2) is 37.6 Å². The highest BCUT2D eigenvalue weighted by Crippen LogP contribution is 2.30. The van der Waals surface area contributed by atoms with Gasteiger partial charge < -0.3 is 15.4 Å². The van der Waals surface area contributed by atoms with Gasteiger partial charge >= 0.3 is 0 Å². The molecule has 1 aromatic rings. The van der Waals surface area contributed by atoms with Gasteiger partial charge in [-0.25, -0.2) is 0 Å². The van der Waals surface area contributed by atoms with Gasteiger partial charge in [0, 0.05) is 16.7 Å². The molecule has 1 aliphatic heterocycles. The van der Waals surface area contributed by atoms with Crippen LogP contribution in [-0.2, 0) is 0 Å². The van der Waals surface area contributed by atoms with E-state index in [9.17, 15) is 4.79 Å². The van der Waals surface area contributed by atoms with E-state index in [1.54, 1.807) is 7.11 Å². The first-order valence-electron chi connectivity index (χ1n) is 6.32. The maximum absolute atomic E-state index is 12.5. The van der Waals surface area contributed by atoms with Crippen molar-refractivity contribution in [1.82, 2.24) is 4.90 Å². The molecule has 0 spiro atoms. The molecular weight excluding hydrogens is 355 g/mol. The Bertz CT molecular complexity index is 492. The third-order valence-corrected chi connectivity index (χ3v) is 4.64. The molecule has 104 valence electrons. The van der Waals surface area contributed by atoms with E-state index in [-0.39, 0.29) is 11.3 Å². The zero-order valence-corrected chi connectivity index (χ0v) is 13.4. The highest BCUT2D eigenvalue weighted by atomic mass is 127. The summed E-state index contributed by atoms with van der Waals surface area (Å²) in [6, 6.07) is 5.54. The molecule has 0 saturated carbocycles. The zero-order chi connectivity index (χ0) is 14.0. The predicted octanol–water partition coefficient (Wildman–Crippen LogP) is 2.11. The van der Waals surface area contributed by atoms with Crippen LogP contribution >= 0.6 is 22.6 Å². The van der Waals surface area contributed by atoms with E-state index in [1.807, 2.05) is 23.1 Å². The lowest BCUT2D eigenvalue weighted by molar-refractivity contribution is 0.0776. The Hall–Kier alpha value is -0.820. The number of hydrogen-bond donors (Lipinski definition) is 1. The van der Waals surface area contributed by atoms with Gasteiger partial charge in [-0.1, -0.05) is 6.92 Å². The maximum atomic E-state index is 12.5. The van der Waals surface area contributed by atoms with Crippen molar-refractivity contribution in [1.29, 1.82) is 0 Å². The second-order valence-electron chi connectivity index (χ2n) is 5.34. The molecule has 1 amide bonds. The smallest absolute Gasteiger partial charge is 0.254 e. The number of benzene rings is 1. The van der Waals surface area contributed by atoms with E-state index >= 15 is 0 Å². The summed E-state index contributed by atoms with van der Waals surface area (Å²) < 4.78 is 6.08. The fourth-order valence-electron chi connectivity index (χ4n) is 2.33. The topological polar surface area (TPSA) is 55.6 Å². The van der Waals surface area contributed by atoms with Gasteiger partial charge in [-0.3, -0.25) is 4.79 Å². The number of carbonyl (C=O) groups excluding carboxylic acids is 1. The van der Waals surface area contributed by atoms with Gasteiger partial charge in [-0.2, -0.15) is 0 Å². The fraction of sp³-hybridized carbons (Fsp3) is 0.500. The minimum absolute atomic E-state index is 0.0631. The number of hydrogen-bond acceptors (Lipinski definition) is 3. The van der Waals surface area contributed by atoms with E-state index in [4.69, 9.17) is 10.5 Å². The first-order valence-corrected chi connectivity index (χ1v) is 7.40. The van der Waals surface area contributed by atoms with E-state index < -0.39 is 0 Å². The average Bonchev–Trinajstić information content (AvgIpc) is 2.81. The first kappa shape index (κ1) is 14.6. The molecule has 0 bridgehead atoms. The summed E-state index contributed by atoms with van der Waals surface area (Å²) in [6.45, 7) is 4.29. The molecule has 1 heterocycles. The Morgan fingerprint density at radius 2 is 2.32 bits per heavy atom. The lowest BCUT2D eigenvalue weighted by atomic mass is 9.90. The molecule has 1 fully saturated rings. The normalized spacial score (nSPS) is 22.6. The molecule has 4 nitrogen and oxygen atoms in total. The first-order chi connectivity index (χ1) is 8.99. The largest absolute Gasteiger partial charge is 0.497 e. The summed E-state index contributed by atoms with van der Waals surface area (Å²) in [5.74, 6) is 0.860.